The molecule has 0 saturated heterocycles. The molecule has 10 heteroatoms. The molecule has 122 valence electrons. The van der Waals surface area contributed by atoms with Crippen LogP contribution in [0.25, 0.3) is 0 Å². The number of H-pyrrole nitrogens is 2. The average molecular weight is 323 g/mol. The number of hydrogen-bond acceptors (Lipinski definition) is 8. The van der Waals surface area contributed by atoms with Crippen LogP contribution in [0.5, 0.6) is 23.1 Å². The Balaban J connectivity index is 2.48. The highest BCUT2D eigenvalue weighted by atomic mass is 17.1. The Labute approximate surface area is 128 Å². The van der Waals surface area contributed by atoms with Crippen LogP contribution in [-0.4, -0.2) is 40.8 Å². The predicted octanol–water partition coefficient (Wildman–Crippen LogP) is 0.388. The molecule has 1 aromatic carbocycles. The van der Waals surface area contributed by atoms with Gasteiger partial charge < -0.3 is 19.5 Å². The summed E-state index contributed by atoms with van der Waals surface area (Å²) in [6, 6.07) is 2.77. The van der Waals surface area contributed by atoms with Crippen molar-refractivity contribution in [3.8, 4) is 23.1 Å². The molecule has 1 aromatic heterocycles. The number of nitrogens with one attached hydrogen (secondary N) is 2. The number of hydrogen-bond donors (Lipinski definition) is 4. The molecule has 0 saturated carbocycles. The number of ether oxygens (including phenoxy) is 2. The summed E-state index contributed by atoms with van der Waals surface area (Å²) >= 11 is 0. The largest absolute Gasteiger partial charge is 0.494 e. The Morgan fingerprint density at radius 3 is 2.39 bits per heavy atom. The van der Waals surface area contributed by atoms with Crippen LogP contribution in [-0.2, 0) is 0 Å². The van der Waals surface area contributed by atoms with Gasteiger partial charge in [0.25, 0.3) is 5.56 Å². The molecular formula is C13H13N3O7. The first-order chi connectivity index (χ1) is 11.0. The Morgan fingerprint density at radius 2 is 1.83 bits per heavy atom. The molecule has 0 amide bonds. The number of aromatic hydroxyl groups is 1. The first kappa shape index (κ1) is 16.1. The van der Waals surface area contributed by atoms with Crippen molar-refractivity contribution in [1.29, 1.82) is 0 Å². The van der Waals surface area contributed by atoms with E-state index >= 15 is 0 Å². The lowest BCUT2D eigenvalue weighted by Crippen LogP contribution is -2.24. The van der Waals surface area contributed by atoms with E-state index in [2.05, 4.69) is 9.88 Å². The zero-order valence-electron chi connectivity index (χ0n) is 12.1. The fourth-order valence-electron chi connectivity index (χ4n) is 1.80. The van der Waals surface area contributed by atoms with Gasteiger partial charge in [-0.15, -0.1) is 0 Å². The molecule has 1 heterocycles. The highest BCUT2D eigenvalue weighted by Gasteiger charge is 2.14. The molecule has 0 atom stereocenters. The van der Waals surface area contributed by atoms with Crippen molar-refractivity contribution >= 4 is 11.9 Å². The maximum atomic E-state index is 11.6. The van der Waals surface area contributed by atoms with Gasteiger partial charge in [-0.3, -0.25) is 19.8 Å². The molecule has 0 aliphatic rings. The molecule has 23 heavy (non-hydrogen) atoms. The summed E-state index contributed by atoms with van der Waals surface area (Å²) in [5.41, 5.74) is -1.66. The van der Waals surface area contributed by atoms with Crippen molar-refractivity contribution < 1.29 is 24.7 Å². The molecule has 0 aliphatic heterocycles. The Bertz CT molecular complexity index is 828. The lowest BCUT2D eigenvalue weighted by Gasteiger charge is -2.11. The topological polar surface area (TPSA) is 146 Å². The zero-order chi connectivity index (χ0) is 17.0. The Kier molecular flexibility index (Phi) is 4.66. The second-order valence-corrected chi connectivity index (χ2v) is 4.20. The van der Waals surface area contributed by atoms with Crippen molar-refractivity contribution in [2.45, 2.75) is 0 Å². The first-order valence-corrected chi connectivity index (χ1v) is 6.17. The molecule has 0 aliphatic carbocycles. The van der Waals surface area contributed by atoms with Gasteiger partial charge in [0.05, 0.1) is 19.9 Å². The minimum Gasteiger partial charge on any atom is -0.494 e. The average Bonchev–Trinajstić information content (AvgIpc) is 2.52. The van der Waals surface area contributed by atoms with Gasteiger partial charge in [0.1, 0.15) is 5.56 Å². The van der Waals surface area contributed by atoms with Crippen molar-refractivity contribution in [1.82, 2.24) is 9.97 Å². The van der Waals surface area contributed by atoms with Crippen molar-refractivity contribution in [2.24, 2.45) is 4.99 Å². The smallest absolute Gasteiger partial charge is 0.328 e. The van der Waals surface area contributed by atoms with Gasteiger partial charge in [0, 0.05) is 18.3 Å². The quantitative estimate of drug-likeness (QED) is 0.353. The van der Waals surface area contributed by atoms with E-state index in [1.165, 1.54) is 26.4 Å². The molecular weight excluding hydrogens is 310 g/mol. The normalized spacial score (nSPS) is 10.7. The summed E-state index contributed by atoms with van der Waals surface area (Å²) in [5, 5.41) is 18.4. The van der Waals surface area contributed by atoms with Gasteiger partial charge >= 0.3 is 5.69 Å². The van der Waals surface area contributed by atoms with E-state index in [0.29, 0.717) is 0 Å². The van der Waals surface area contributed by atoms with Gasteiger partial charge in [-0.2, -0.15) is 0 Å². The van der Waals surface area contributed by atoms with Gasteiger partial charge in [-0.1, -0.05) is 0 Å². The van der Waals surface area contributed by atoms with Gasteiger partial charge in [-0.25, -0.2) is 10.1 Å². The highest BCUT2D eigenvalue weighted by molar-refractivity contribution is 5.84. The minimum atomic E-state index is -0.841. The lowest BCUT2D eigenvalue weighted by atomic mass is 10.2. The maximum Gasteiger partial charge on any atom is 0.328 e. The number of methoxy groups -OCH3 is 2. The van der Waals surface area contributed by atoms with E-state index in [1.54, 1.807) is 0 Å². The standard InChI is InChI=1S/C13H13N3O7/c1-21-8-3-6(4-9(23-20)10(8)22-2)14-5-7-11(17)15-13(19)16-12(7)18/h3-5,20H,1-2H3,(H3,15,16,17,18,19). The summed E-state index contributed by atoms with van der Waals surface area (Å²) in [7, 11) is 2.74. The third-order valence-corrected chi connectivity index (χ3v) is 2.83. The molecule has 4 N–H and O–H groups in total. The second kappa shape index (κ2) is 6.66. The van der Waals surface area contributed by atoms with Crippen LogP contribution < -0.4 is 25.6 Å². The minimum absolute atomic E-state index is 0.0569. The van der Waals surface area contributed by atoms with E-state index in [1.807, 2.05) is 9.97 Å². The van der Waals surface area contributed by atoms with Crippen LogP contribution in [0.1, 0.15) is 5.56 Å². The summed E-state index contributed by atoms with van der Waals surface area (Å²) in [6.07, 6.45) is 1.03. The highest BCUT2D eigenvalue weighted by Crippen LogP contribution is 2.40. The van der Waals surface area contributed by atoms with Crippen LogP contribution in [0.2, 0.25) is 0 Å². The van der Waals surface area contributed by atoms with Crippen molar-refractivity contribution in [3.05, 3.63) is 38.5 Å². The summed E-state index contributed by atoms with van der Waals surface area (Å²) in [5.74, 6) is -0.301. The summed E-state index contributed by atoms with van der Waals surface area (Å²) in [4.78, 5) is 34.7. The molecule has 0 spiro atoms. The first-order valence-electron chi connectivity index (χ1n) is 6.17. The van der Waals surface area contributed by atoms with Crippen LogP contribution in [0.3, 0.4) is 0 Å². The third-order valence-electron chi connectivity index (χ3n) is 2.83. The zero-order valence-corrected chi connectivity index (χ0v) is 12.1. The van der Waals surface area contributed by atoms with Crippen LogP contribution in [0.4, 0.5) is 5.69 Å². The number of rotatable bonds is 5. The summed E-state index contributed by atoms with van der Waals surface area (Å²) < 4.78 is 10.1. The molecule has 10 nitrogen and oxygen atoms in total. The Hall–Kier alpha value is -3.27. The van der Waals surface area contributed by atoms with E-state index in [0.717, 1.165) is 6.21 Å². The van der Waals surface area contributed by atoms with Gasteiger partial charge in [0.2, 0.25) is 17.4 Å². The van der Waals surface area contributed by atoms with Crippen LogP contribution >= 0.6 is 0 Å². The fraction of sp³-hybridized carbons (Fsp3) is 0.154. The predicted molar refractivity (Wildman–Crippen MR) is 79.4 cm³/mol. The molecule has 0 unspecified atom stereocenters. The monoisotopic (exact) mass is 323 g/mol. The van der Waals surface area contributed by atoms with Crippen LogP contribution in [0, 0.1) is 0 Å². The van der Waals surface area contributed by atoms with E-state index < -0.39 is 17.1 Å². The third kappa shape index (κ3) is 3.32. The van der Waals surface area contributed by atoms with Crippen LogP contribution in [0.15, 0.2) is 26.7 Å². The second-order valence-electron chi connectivity index (χ2n) is 4.20. The Morgan fingerprint density at radius 1 is 1.13 bits per heavy atom. The fourth-order valence-corrected chi connectivity index (χ4v) is 1.80. The van der Waals surface area contributed by atoms with Gasteiger partial charge in [0.15, 0.2) is 5.75 Å². The molecule has 0 radical (unpaired) electrons. The summed E-state index contributed by atoms with van der Waals surface area (Å²) in [6.45, 7) is 0. The number of aromatic nitrogens is 2. The van der Waals surface area contributed by atoms with E-state index in [-0.39, 0.29) is 28.5 Å². The molecule has 2 rings (SSSR count). The molecule has 2 aromatic rings. The number of benzene rings is 1. The molecule has 0 fully saturated rings. The number of nitrogens with zero attached hydrogens (tertiary/aromatic N) is 1. The maximum absolute atomic E-state index is 11.6. The number of aliphatic imine (C=N–C) groups is 1. The molecule has 0 bridgehead atoms. The van der Waals surface area contributed by atoms with E-state index in [4.69, 9.17) is 14.7 Å². The van der Waals surface area contributed by atoms with Gasteiger partial charge in [-0.05, 0) is 0 Å². The van der Waals surface area contributed by atoms with Crippen molar-refractivity contribution in [2.75, 3.05) is 14.2 Å². The van der Waals surface area contributed by atoms with Crippen molar-refractivity contribution in [3.63, 3.8) is 0 Å². The number of aromatic amines is 2. The van der Waals surface area contributed by atoms with E-state index in [9.17, 15) is 14.7 Å². The SMILES string of the molecule is COc1cc(N=Cc2c(O)[nH]c(=O)[nH]c2=O)cc(OO)c1OC. The lowest BCUT2D eigenvalue weighted by molar-refractivity contribution is -0.139.